The van der Waals surface area contributed by atoms with Crippen LogP contribution < -0.4 is 15.4 Å². The number of rotatable bonds is 4. The Kier molecular flexibility index (Phi) is 3.70. The maximum Gasteiger partial charge on any atom is 0.281 e. The van der Waals surface area contributed by atoms with Gasteiger partial charge in [-0.3, -0.25) is 10.1 Å². The smallest absolute Gasteiger partial charge is 0.281 e. The van der Waals surface area contributed by atoms with Crippen LogP contribution in [0, 0.1) is 0 Å². The third-order valence-corrected chi connectivity index (χ3v) is 4.21. The first-order chi connectivity index (χ1) is 9.18. The highest BCUT2D eigenvalue weighted by Crippen LogP contribution is 2.24. The molecule has 7 nitrogen and oxygen atoms in total. The Morgan fingerprint density at radius 3 is 2.65 bits per heavy atom. The zero-order chi connectivity index (χ0) is 15.0. The number of hydrogen-bond acceptors (Lipinski definition) is 6. The molecule has 2 rings (SSSR count). The van der Waals surface area contributed by atoms with Gasteiger partial charge < -0.3 is 5.32 Å². The molecule has 0 aromatic carbocycles. The van der Waals surface area contributed by atoms with E-state index in [1.165, 1.54) is 6.07 Å². The molecule has 0 spiro atoms. The average molecular weight is 298 g/mol. The van der Waals surface area contributed by atoms with Crippen molar-refractivity contribution in [1.82, 2.24) is 15.0 Å². The van der Waals surface area contributed by atoms with E-state index in [2.05, 4.69) is 29.5 Å². The van der Waals surface area contributed by atoms with E-state index in [4.69, 9.17) is 0 Å². The fraction of sp³-hybridized carbons (Fsp3) is 0.500. The van der Waals surface area contributed by atoms with E-state index in [-0.39, 0.29) is 16.7 Å². The van der Waals surface area contributed by atoms with E-state index in [1.807, 2.05) is 4.72 Å². The number of amides is 1. The number of hydrogen-bond donors (Lipinski definition) is 3. The van der Waals surface area contributed by atoms with Gasteiger partial charge in [-0.25, -0.2) is 9.71 Å². The molecule has 0 aliphatic carbocycles. The molecule has 1 aromatic heterocycles. The molecule has 1 aromatic rings. The highest BCUT2D eigenvalue weighted by Gasteiger charge is 2.35. The number of nitrogens with zero attached hydrogens (tertiary/aromatic N) is 1. The second-order valence-corrected chi connectivity index (χ2v) is 7.08. The van der Waals surface area contributed by atoms with Crippen LogP contribution in [0.2, 0.25) is 0 Å². The fourth-order valence-electron chi connectivity index (χ4n) is 2.11. The zero-order valence-electron chi connectivity index (χ0n) is 11.6. The predicted octanol–water partition coefficient (Wildman–Crippen LogP) is 0.416. The minimum atomic E-state index is -3.90. The largest absolute Gasteiger partial charge is 0.355 e. The van der Waals surface area contributed by atoms with Gasteiger partial charge >= 0.3 is 0 Å². The van der Waals surface area contributed by atoms with Crippen molar-refractivity contribution in [1.29, 1.82) is 0 Å². The lowest BCUT2D eigenvalue weighted by Crippen LogP contribution is -2.63. The number of sulfonamides is 1. The summed E-state index contributed by atoms with van der Waals surface area (Å²) in [5.41, 5.74) is 0.0809. The van der Waals surface area contributed by atoms with Gasteiger partial charge in [0, 0.05) is 12.5 Å². The number of carbonyl (C=O) groups is 1. The summed E-state index contributed by atoms with van der Waals surface area (Å²) in [4.78, 5) is 14.9. The van der Waals surface area contributed by atoms with E-state index in [0.717, 1.165) is 13.3 Å². The Morgan fingerprint density at radius 1 is 1.45 bits per heavy atom. The van der Waals surface area contributed by atoms with Gasteiger partial charge in [0.15, 0.2) is 5.03 Å². The van der Waals surface area contributed by atoms with Gasteiger partial charge in [-0.2, -0.15) is 8.42 Å². The topological polar surface area (TPSA) is 100 Å². The number of pyridine rings is 1. The third kappa shape index (κ3) is 3.45. The summed E-state index contributed by atoms with van der Waals surface area (Å²) in [5, 5.41) is 6.20. The van der Waals surface area contributed by atoms with Crippen LogP contribution in [0.25, 0.3) is 0 Å². The summed E-state index contributed by atoms with van der Waals surface area (Å²) < 4.78 is 25.5. The minimum Gasteiger partial charge on any atom is -0.355 e. The second-order valence-electron chi connectivity index (χ2n) is 5.45. The first-order valence-corrected chi connectivity index (χ1v) is 7.71. The zero-order valence-corrected chi connectivity index (χ0v) is 12.4. The van der Waals surface area contributed by atoms with Gasteiger partial charge in [0.25, 0.3) is 10.0 Å². The van der Waals surface area contributed by atoms with Crippen LogP contribution in [-0.2, 0) is 14.8 Å². The molecule has 1 atom stereocenters. The lowest BCUT2D eigenvalue weighted by atomic mass is 9.89. The van der Waals surface area contributed by atoms with E-state index in [9.17, 15) is 13.2 Å². The molecule has 1 saturated heterocycles. The van der Waals surface area contributed by atoms with Crippen molar-refractivity contribution in [2.45, 2.75) is 43.9 Å². The maximum atomic E-state index is 11.8. The Balaban J connectivity index is 2.11. The lowest BCUT2D eigenvalue weighted by molar-refractivity contribution is -0.117. The molecule has 3 N–H and O–H groups in total. The molecule has 1 aliphatic heterocycles. The summed E-state index contributed by atoms with van der Waals surface area (Å²) in [6.45, 7) is 5.30. The standard InChI is InChI=1S/C12H18N4O3S/c1-8(17)16-20(18,19)11-6-4-5-9(14-11)13-10-7-12(2,3)15-10/h4-6,10,15H,7H2,1-3H3,(H,13,14)(H,16,17). The van der Waals surface area contributed by atoms with Crippen LogP contribution in [0.5, 0.6) is 0 Å². The van der Waals surface area contributed by atoms with Crippen molar-refractivity contribution in [3.63, 3.8) is 0 Å². The monoisotopic (exact) mass is 298 g/mol. The Labute approximate surface area is 118 Å². The Bertz CT molecular complexity index is 619. The minimum absolute atomic E-state index is 0.0659. The van der Waals surface area contributed by atoms with Gasteiger partial charge in [-0.1, -0.05) is 6.07 Å². The molecule has 20 heavy (non-hydrogen) atoms. The number of nitrogens with one attached hydrogen (secondary N) is 3. The quantitative estimate of drug-likeness (QED) is 0.745. The van der Waals surface area contributed by atoms with Crippen LogP contribution >= 0.6 is 0 Å². The number of anilines is 1. The molecule has 1 unspecified atom stereocenters. The van der Waals surface area contributed by atoms with E-state index in [1.54, 1.807) is 12.1 Å². The third-order valence-electron chi connectivity index (χ3n) is 2.88. The molecule has 1 fully saturated rings. The van der Waals surface area contributed by atoms with E-state index >= 15 is 0 Å². The molecule has 0 bridgehead atoms. The predicted molar refractivity (Wildman–Crippen MR) is 74.5 cm³/mol. The van der Waals surface area contributed by atoms with Crippen molar-refractivity contribution in [3.05, 3.63) is 18.2 Å². The number of aromatic nitrogens is 1. The van der Waals surface area contributed by atoms with E-state index in [0.29, 0.717) is 5.82 Å². The summed E-state index contributed by atoms with van der Waals surface area (Å²) in [6.07, 6.45) is 0.980. The van der Waals surface area contributed by atoms with Crippen molar-refractivity contribution in [3.8, 4) is 0 Å². The first-order valence-electron chi connectivity index (χ1n) is 6.23. The average Bonchev–Trinajstić information content (AvgIpc) is 2.25. The van der Waals surface area contributed by atoms with Crippen molar-refractivity contribution >= 4 is 21.7 Å². The van der Waals surface area contributed by atoms with Crippen molar-refractivity contribution < 1.29 is 13.2 Å². The molecule has 2 heterocycles. The first kappa shape index (κ1) is 14.7. The highest BCUT2D eigenvalue weighted by atomic mass is 32.2. The summed E-state index contributed by atoms with van der Waals surface area (Å²) >= 11 is 0. The van der Waals surface area contributed by atoms with Crippen LogP contribution in [0.3, 0.4) is 0 Å². The van der Waals surface area contributed by atoms with Crippen molar-refractivity contribution in [2.75, 3.05) is 5.32 Å². The number of carbonyl (C=O) groups excluding carboxylic acids is 1. The van der Waals surface area contributed by atoms with Crippen LogP contribution in [-0.4, -0.2) is 31.0 Å². The molecule has 0 saturated carbocycles. The summed E-state index contributed by atoms with van der Waals surface area (Å²) in [7, 11) is -3.90. The highest BCUT2D eigenvalue weighted by molar-refractivity contribution is 7.90. The molecule has 1 amide bonds. The maximum absolute atomic E-state index is 11.8. The Morgan fingerprint density at radius 2 is 2.10 bits per heavy atom. The van der Waals surface area contributed by atoms with Gasteiger partial charge in [-0.15, -0.1) is 0 Å². The lowest BCUT2D eigenvalue weighted by Gasteiger charge is -2.44. The van der Waals surface area contributed by atoms with Gasteiger partial charge in [0.05, 0.1) is 6.17 Å². The summed E-state index contributed by atoms with van der Waals surface area (Å²) in [5.74, 6) is -0.197. The normalized spacial score (nSPS) is 20.9. The molecular formula is C12H18N4O3S. The molecule has 8 heteroatoms. The fourth-order valence-corrected chi connectivity index (χ4v) is 3.07. The molecule has 0 radical (unpaired) electrons. The van der Waals surface area contributed by atoms with Crippen LogP contribution in [0.4, 0.5) is 5.82 Å². The van der Waals surface area contributed by atoms with Gasteiger partial charge in [0.1, 0.15) is 5.82 Å². The molecule has 110 valence electrons. The Hall–Kier alpha value is -1.67. The van der Waals surface area contributed by atoms with Gasteiger partial charge in [-0.05, 0) is 32.4 Å². The van der Waals surface area contributed by atoms with E-state index < -0.39 is 15.9 Å². The van der Waals surface area contributed by atoms with Crippen LogP contribution in [0.15, 0.2) is 23.2 Å². The van der Waals surface area contributed by atoms with Crippen molar-refractivity contribution in [2.24, 2.45) is 0 Å². The molecule has 1 aliphatic rings. The summed E-state index contributed by atoms with van der Waals surface area (Å²) in [6, 6.07) is 4.60. The SMILES string of the molecule is CC(=O)NS(=O)(=O)c1cccc(NC2CC(C)(C)N2)n1. The molecular weight excluding hydrogens is 280 g/mol. The second kappa shape index (κ2) is 5.02. The van der Waals surface area contributed by atoms with Crippen LogP contribution in [0.1, 0.15) is 27.2 Å². The van der Waals surface area contributed by atoms with Gasteiger partial charge in [0.2, 0.25) is 5.91 Å².